The van der Waals surface area contributed by atoms with Crippen molar-refractivity contribution in [1.29, 1.82) is 0 Å². The average molecular weight is 330 g/mol. The molecule has 0 amide bonds. The molecule has 0 saturated heterocycles. The van der Waals surface area contributed by atoms with Crippen LogP contribution in [0.25, 0.3) is 11.0 Å². The number of sulfone groups is 1. The van der Waals surface area contributed by atoms with Crippen LogP contribution < -0.4 is 4.43 Å². The fraction of sp³-hybridized carbons (Fsp3) is 0.125. The van der Waals surface area contributed by atoms with Crippen molar-refractivity contribution in [3.05, 3.63) is 76.1 Å². The number of hydrogen-bond donors (Lipinski definition) is 0. The summed E-state index contributed by atoms with van der Waals surface area (Å²) in [7, 11) is -3.72. The summed E-state index contributed by atoms with van der Waals surface area (Å²) in [5.41, 5.74) is 0.368. The molecule has 3 rings (SSSR count). The lowest BCUT2D eigenvalue weighted by molar-refractivity contribution is -0.474. The smallest absolute Gasteiger partial charge is 0.286 e. The van der Waals surface area contributed by atoms with Crippen LogP contribution in [0.4, 0.5) is 0 Å². The van der Waals surface area contributed by atoms with Crippen LogP contribution in [0.2, 0.25) is 0 Å². The van der Waals surface area contributed by atoms with Gasteiger partial charge in [-0.3, -0.25) is 0 Å². The Balaban J connectivity index is 2.20. The third-order valence-electron chi connectivity index (χ3n) is 3.72. The summed E-state index contributed by atoms with van der Waals surface area (Å²) in [6, 6.07) is 14.2. The zero-order valence-electron chi connectivity index (χ0n) is 12.3. The SMILES string of the molecule is Cc1c(CS(=O)(=O)c2ccccc2)[n+](=O)c2ccccc2n1[O-]. The molecular weight excluding hydrogens is 316 g/mol. The lowest BCUT2D eigenvalue weighted by atomic mass is 10.2. The highest BCUT2D eigenvalue weighted by molar-refractivity contribution is 7.90. The number of rotatable bonds is 3. The molecule has 0 N–H and O–H groups in total. The van der Waals surface area contributed by atoms with E-state index in [1.54, 1.807) is 30.3 Å². The van der Waals surface area contributed by atoms with Crippen molar-refractivity contribution in [2.75, 3.05) is 0 Å². The molecule has 0 bridgehead atoms. The molecule has 2 aromatic carbocycles. The van der Waals surface area contributed by atoms with E-state index >= 15 is 0 Å². The number of para-hydroxylation sites is 2. The second-order valence-corrected chi connectivity index (χ2v) is 7.17. The highest BCUT2D eigenvalue weighted by Gasteiger charge is 2.26. The Hall–Kier alpha value is -2.67. The standard InChI is InChI=1S/C16H14N2O4S/c1-12-16(11-23(21,22)13-7-3-2-4-8-13)18(20)15-10-6-5-9-14(15)17(12)19/h2-10H,11H2,1H3. The zero-order valence-corrected chi connectivity index (χ0v) is 13.2. The van der Waals surface area contributed by atoms with Crippen LogP contribution in [0.3, 0.4) is 0 Å². The van der Waals surface area contributed by atoms with Gasteiger partial charge in [-0.1, -0.05) is 30.3 Å². The summed E-state index contributed by atoms with van der Waals surface area (Å²) >= 11 is 0. The first-order valence-corrected chi connectivity index (χ1v) is 8.58. The van der Waals surface area contributed by atoms with Crippen molar-refractivity contribution in [2.24, 2.45) is 0 Å². The van der Waals surface area contributed by atoms with Gasteiger partial charge in [0, 0.05) is 11.0 Å². The number of benzene rings is 2. The molecule has 23 heavy (non-hydrogen) atoms. The van der Waals surface area contributed by atoms with Crippen LogP contribution in [-0.4, -0.2) is 13.1 Å². The largest absolute Gasteiger partial charge is 0.805 e. The summed E-state index contributed by atoms with van der Waals surface area (Å²) in [4.78, 5) is 12.6. The maximum atomic E-state index is 12.5. The van der Waals surface area contributed by atoms with Crippen molar-refractivity contribution in [3.8, 4) is 0 Å². The van der Waals surface area contributed by atoms with Gasteiger partial charge in [0.25, 0.3) is 11.2 Å². The predicted molar refractivity (Wildman–Crippen MR) is 86.1 cm³/mol. The predicted octanol–water partition coefficient (Wildman–Crippen LogP) is 2.18. The van der Waals surface area contributed by atoms with Crippen molar-refractivity contribution < 1.29 is 12.8 Å². The fourth-order valence-electron chi connectivity index (χ4n) is 2.45. The maximum Gasteiger partial charge on any atom is 0.286 e. The molecule has 118 valence electrons. The van der Waals surface area contributed by atoms with Crippen LogP contribution in [0, 0.1) is 17.0 Å². The molecule has 0 aliphatic rings. The van der Waals surface area contributed by atoms with E-state index < -0.39 is 15.6 Å². The topological polar surface area (TPSA) is 85.1 Å². The van der Waals surface area contributed by atoms with E-state index in [0.29, 0.717) is 9.16 Å². The summed E-state index contributed by atoms with van der Waals surface area (Å²) in [5.74, 6) is -0.528. The van der Waals surface area contributed by atoms with Gasteiger partial charge in [0.2, 0.25) is 0 Å². The molecular formula is C16H14N2O4S. The second-order valence-electron chi connectivity index (χ2n) is 5.18. The van der Waals surface area contributed by atoms with Gasteiger partial charge in [-0.2, -0.15) is 0 Å². The first-order valence-electron chi connectivity index (χ1n) is 6.93. The Bertz CT molecular complexity index is 1040. The van der Waals surface area contributed by atoms with E-state index in [0.717, 1.165) is 0 Å². The van der Waals surface area contributed by atoms with E-state index in [2.05, 4.69) is 0 Å². The Morgan fingerprint density at radius 2 is 1.65 bits per heavy atom. The van der Waals surface area contributed by atoms with E-state index in [-0.39, 0.29) is 27.3 Å². The Morgan fingerprint density at radius 1 is 1.04 bits per heavy atom. The maximum absolute atomic E-state index is 12.5. The van der Waals surface area contributed by atoms with E-state index in [9.17, 15) is 18.5 Å². The lowest BCUT2D eigenvalue weighted by Gasteiger charge is -2.16. The molecule has 0 spiro atoms. The molecule has 0 aliphatic carbocycles. The quantitative estimate of drug-likeness (QED) is 0.689. The third-order valence-corrected chi connectivity index (χ3v) is 5.36. The summed E-state index contributed by atoms with van der Waals surface area (Å²) in [5, 5.41) is 12.3. The second kappa shape index (κ2) is 5.51. The highest BCUT2D eigenvalue weighted by atomic mass is 32.2. The molecule has 1 heterocycles. The molecule has 1 aromatic heterocycles. The number of aromatic nitrogens is 2. The molecule has 0 unspecified atom stereocenters. The number of fused-ring (bicyclic) bond motifs is 1. The number of nitrogens with zero attached hydrogens (tertiary/aromatic N) is 2. The van der Waals surface area contributed by atoms with Crippen LogP contribution in [0.1, 0.15) is 11.4 Å². The van der Waals surface area contributed by atoms with Gasteiger partial charge in [-0.05, 0) is 25.1 Å². The van der Waals surface area contributed by atoms with E-state index in [4.69, 9.17) is 0 Å². The van der Waals surface area contributed by atoms with Gasteiger partial charge in [0.1, 0.15) is 11.3 Å². The van der Waals surface area contributed by atoms with Crippen LogP contribution >= 0.6 is 0 Å². The molecule has 0 saturated carbocycles. The van der Waals surface area contributed by atoms with Gasteiger partial charge in [0.15, 0.2) is 9.84 Å². The Morgan fingerprint density at radius 3 is 2.35 bits per heavy atom. The van der Waals surface area contributed by atoms with Gasteiger partial charge in [-0.15, -0.1) is 0 Å². The fourth-order valence-corrected chi connectivity index (χ4v) is 3.88. The monoisotopic (exact) mass is 330 g/mol. The molecule has 3 aromatic rings. The first-order chi connectivity index (χ1) is 10.9. The van der Waals surface area contributed by atoms with Gasteiger partial charge in [0.05, 0.1) is 15.0 Å². The van der Waals surface area contributed by atoms with Crippen molar-refractivity contribution in [2.45, 2.75) is 17.6 Å². The Labute approximate surface area is 132 Å². The minimum Gasteiger partial charge on any atom is -0.805 e. The van der Waals surface area contributed by atoms with Crippen molar-refractivity contribution >= 4 is 20.9 Å². The summed E-state index contributed by atoms with van der Waals surface area (Å²) in [6.45, 7) is 1.45. The zero-order chi connectivity index (χ0) is 16.6. The van der Waals surface area contributed by atoms with Crippen molar-refractivity contribution in [1.82, 2.24) is 4.73 Å². The van der Waals surface area contributed by atoms with Gasteiger partial charge >= 0.3 is 0 Å². The first kappa shape index (κ1) is 15.2. The van der Waals surface area contributed by atoms with E-state index in [1.807, 2.05) is 0 Å². The Kier molecular flexibility index (Phi) is 3.65. The summed E-state index contributed by atoms with van der Waals surface area (Å²) in [6.07, 6.45) is 0. The molecule has 6 nitrogen and oxygen atoms in total. The minimum absolute atomic E-state index is 0.0671. The highest BCUT2D eigenvalue weighted by Crippen LogP contribution is 2.19. The van der Waals surface area contributed by atoms with Crippen molar-refractivity contribution in [3.63, 3.8) is 0 Å². The normalized spacial score (nSPS) is 11.7. The lowest BCUT2D eigenvalue weighted by Crippen LogP contribution is -2.29. The molecule has 0 radical (unpaired) electrons. The molecule has 7 heteroatoms. The van der Waals surface area contributed by atoms with Gasteiger partial charge < -0.3 is 9.94 Å². The van der Waals surface area contributed by atoms with Gasteiger partial charge in [-0.25, -0.2) is 8.42 Å². The summed E-state index contributed by atoms with van der Waals surface area (Å²) < 4.78 is 26.1. The van der Waals surface area contributed by atoms with Crippen LogP contribution in [0.15, 0.2) is 59.5 Å². The average Bonchev–Trinajstić information content (AvgIpc) is 2.57. The third kappa shape index (κ3) is 2.59. The van der Waals surface area contributed by atoms with Crippen LogP contribution in [-0.2, 0) is 15.6 Å². The molecule has 0 fully saturated rings. The van der Waals surface area contributed by atoms with Crippen LogP contribution in [0.5, 0.6) is 0 Å². The molecule has 0 aliphatic heterocycles. The number of hydrogen-bond acceptors (Lipinski definition) is 4. The minimum atomic E-state index is -3.72. The molecule has 0 atom stereocenters. The van der Waals surface area contributed by atoms with E-state index in [1.165, 1.54) is 31.2 Å².